The zero-order valence-electron chi connectivity index (χ0n) is 15.3. The molecule has 2 aliphatic heterocycles. The Labute approximate surface area is 141 Å². The van der Waals surface area contributed by atoms with Crippen LogP contribution < -0.4 is 10.4 Å². The first kappa shape index (κ1) is 16.8. The quantitative estimate of drug-likeness (QED) is 0.780. The molecule has 3 nitrogen and oxygen atoms in total. The van der Waals surface area contributed by atoms with E-state index in [-0.39, 0.29) is 12.2 Å². The predicted octanol–water partition coefficient (Wildman–Crippen LogP) is 2.74. The molecule has 3 unspecified atom stereocenters. The first-order valence-corrected chi connectivity index (χ1v) is 9.21. The Morgan fingerprint density at radius 3 is 2.35 bits per heavy atom. The molecule has 4 heteroatoms. The number of hydrogen-bond donors (Lipinski definition) is 0. The maximum Gasteiger partial charge on any atom is 0.139 e. The number of benzene rings is 1. The van der Waals surface area contributed by atoms with E-state index in [9.17, 15) is 0 Å². The van der Waals surface area contributed by atoms with E-state index in [2.05, 4.69) is 52.6 Å². The Balaban J connectivity index is 2.11. The van der Waals surface area contributed by atoms with Crippen LogP contribution in [0.4, 0.5) is 5.69 Å². The second-order valence-electron chi connectivity index (χ2n) is 7.21. The van der Waals surface area contributed by atoms with E-state index in [1.807, 2.05) is 0 Å². The fraction of sp³-hybridized carbons (Fsp3) is 0.684. The average Bonchev–Trinajstić information content (AvgIpc) is 2.51. The molecule has 23 heavy (non-hydrogen) atoms. The fourth-order valence-corrected chi connectivity index (χ4v) is 4.35. The van der Waals surface area contributed by atoms with Crippen LogP contribution in [-0.2, 0) is 9.47 Å². The van der Waals surface area contributed by atoms with Gasteiger partial charge < -0.3 is 14.4 Å². The standard InChI is InChI=1S/C19H30BNO2/c1-5-22-17-7-8-21-16(12(3)4)11-18(23-6-2)15-10-13(20)9-14(17)19(15)21/h9-10,12,16-18H,5-8,11,20H2,1-4H3. The van der Waals surface area contributed by atoms with E-state index in [0.29, 0.717) is 12.0 Å². The molecule has 126 valence electrons. The second-order valence-corrected chi connectivity index (χ2v) is 7.21. The van der Waals surface area contributed by atoms with E-state index in [0.717, 1.165) is 32.6 Å². The highest BCUT2D eigenvalue weighted by Crippen LogP contribution is 2.48. The van der Waals surface area contributed by atoms with E-state index < -0.39 is 0 Å². The minimum absolute atomic E-state index is 0.220. The molecule has 0 aromatic heterocycles. The summed E-state index contributed by atoms with van der Waals surface area (Å²) in [6.45, 7) is 11.5. The highest BCUT2D eigenvalue weighted by atomic mass is 16.5. The van der Waals surface area contributed by atoms with Crippen molar-refractivity contribution in [1.82, 2.24) is 0 Å². The van der Waals surface area contributed by atoms with Crippen molar-refractivity contribution in [1.29, 1.82) is 0 Å². The molecule has 0 radical (unpaired) electrons. The van der Waals surface area contributed by atoms with Crippen molar-refractivity contribution in [2.24, 2.45) is 5.92 Å². The van der Waals surface area contributed by atoms with E-state index >= 15 is 0 Å². The summed E-state index contributed by atoms with van der Waals surface area (Å²) < 4.78 is 12.2. The van der Waals surface area contributed by atoms with Gasteiger partial charge in [0.15, 0.2) is 0 Å². The van der Waals surface area contributed by atoms with Gasteiger partial charge in [0.1, 0.15) is 7.85 Å². The van der Waals surface area contributed by atoms with Gasteiger partial charge in [-0.05, 0) is 32.6 Å². The molecular weight excluding hydrogens is 285 g/mol. The second kappa shape index (κ2) is 6.86. The number of rotatable bonds is 5. The van der Waals surface area contributed by atoms with Crippen LogP contribution in [-0.4, -0.2) is 33.6 Å². The van der Waals surface area contributed by atoms with Crippen molar-refractivity contribution >= 4 is 19.0 Å². The largest absolute Gasteiger partial charge is 0.374 e. The third kappa shape index (κ3) is 3.03. The van der Waals surface area contributed by atoms with Crippen LogP contribution in [0.2, 0.25) is 0 Å². The van der Waals surface area contributed by atoms with Crippen LogP contribution in [0.3, 0.4) is 0 Å². The molecule has 0 N–H and O–H groups in total. The lowest BCUT2D eigenvalue weighted by Gasteiger charge is -2.48. The van der Waals surface area contributed by atoms with Crippen LogP contribution in [0, 0.1) is 5.92 Å². The minimum atomic E-state index is 0.220. The van der Waals surface area contributed by atoms with Crippen molar-refractivity contribution in [3.05, 3.63) is 23.3 Å². The lowest BCUT2D eigenvalue weighted by atomic mass is 9.79. The lowest BCUT2D eigenvalue weighted by molar-refractivity contribution is 0.0330. The number of ether oxygens (including phenoxy) is 2. The van der Waals surface area contributed by atoms with Gasteiger partial charge in [-0.2, -0.15) is 0 Å². The summed E-state index contributed by atoms with van der Waals surface area (Å²) >= 11 is 0. The van der Waals surface area contributed by atoms with E-state index in [4.69, 9.17) is 9.47 Å². The highest BCUT2D eigenvalue weighted by Gasteiger charge is 2.40. The van der Waals surface area contributed by atoms with Gasteiger partial charge in [-0.15, -0.1) is 0 Å². The first-order chi connectivity index (χ1) is 11.1. The van der Waals surface area contributed by atoms with Crippen LogP contribution in [0.15, 0.2) is 12.1 Å². The summed E-state index contributed by atoms with van der Waals surface area (Å²) in [7, 11) is 2.19. The van der Waals surface area contributed by atoms with Crippen LogP contribution in [0.1, 0.15) is 63.9 Å². The van der Waals surface area contributed by atoms with Crippen molar-refractivity contribution < 1.29 is 9.47 Å². The van der Waals surface area contributed by atoms with Gasteiger partial charge in [0.05, 0.1) is 12.2 Å². The Morgan fingerprint density at radius 1 is 1.13 bits per heavy atom. The van der Waals surface area contributed by atoms with Crippen molar-refractivity contribution in [3.63, 3.8) is 0 Å². The molecule has 0 aliphatic carbocycles. The first-order valence-electron chi connectivity index (χ1n) is 9.21. The Hall–Kier alpha value is -0.995. The van der Waals surface area contributed by atoms with Crippen molar-refractivity contribution in [2.75, 3.05) is 24.7 Å². The summed E-state index contributed by atoms with van der Waals surface area (Å²) in [4.78, 5) is 2.64. The van der Waals surface area contributed by atoms with Crippen LogP contribution in [0.25, 0.3) is 0 Å². The molecule has 3 rings (SSSR count). The van der Waals surface area contributed by atoms with E-state index in [1.165, 1.54) is 22.3 Å². The minimum Gasteiger partial charge on any atom is -0.374 e. The zero-order chi connectivity index (χ0) is 16.6. The van der Waals surface area contributed by atoms with Gasteiger partial charge in [-0.3, -0.25) is 0 Å². The van der Waals surface area contributed by atoms with Gasteiger partial charge in [-0.25, -0.2) is 0 Å². The topological polar surface area (TPSA) is 21.7 Å². The maximum absolute atomic E-state index is 6.14. The van der Waals surface area contributed by atoms with Gasteiger partial charge in [0.2, 0.25) is 0 Å². The molecule has 0 spiro atoms. The molecule has 3 atom stereocenters. The molecule has 2 aliphatic rings. The molecular formula is C19H30BNO2. The summed E-state index contributed by atoms with van der Waals surface area (Å²) in [6, 6.07) is 5.22. The number of hydrogen-bond acceptors (Lipinski definition) is 3. The molecule has 0 saturated heterocycles. The SMILES string of the molecule is Bc1cc2c3c(c1)C(OCC)CC(C(C)C)N3CCC2OCC. The third-order valence-corrected chi connectivity index (χ3v) is 5.29. The highest BCUT2D eigenvalue weighted by molar-refractivity contribution is 6.32. The predicted molar refractivity (Wildman–Crippen MR) is 98.6 cm³/mol. The summed E-state index contributed by atoms with van der Waals surface area (Å²) in [5, 5.41) is 0. The molecule has 0 saturated carbocycles. The monoisotopic (exact) mass is 315 g/mol. The Morgan fingerprint density at radius 2 is 1.74 bits per heavy atom. The Bertz CT molecular complexity index is 543. The van der Waals surface area contributed by atoms with E-state index in [1.54, 1.807) is 0 Å². The number of nitrogens with zero attached hydrogens (tertiary/aromatic N) is 1. The summed E-state index contributed by atoms with van der Waals surface area (Å²) in [6.07, 6.45) is 2.64. The molecule has 0 fully saturated rings. The zero-order valence-corrected chi connectivity index (χ0v) is 15.3. The molecule has 0 bridgehead atoms. The molecule has 0 amide bonds. The molecule has 1 aromatic rings. The third-order valence-electron chi connectivity index (χ3n) is 5.29. The van der Waals surface area contributed by atoms with Gasteiger partial charge >= 0.3 is 0 Å². The lowest BCUT2D eigenvalue weighted by Crippen LogP contribution is -2.48. The van der Waals surface area contributed by atoms with Gasteiger partial charge in [-0.1, -0.05) is 31.4 Å². The molecule has 2 heterocycles. The van der Waals surface area contributed by atoms with Crippen LogP contribution >= 0.6 is 0 Å². The molecule has 1 aromatic carbocycles. The van der Waals surface area contributed by atoms with Crippen LogP contribution in [0.5, 0.6) is 0 Å². The van der Waals surface area contributed by atoms with Crippen molar-refractivity contribution in [2.45, 2.75) is 58.8 Å². The normalized spacial score (nSPS) is 26.5. The van der Waals surface area contributed by atoms with Crippen molar-refractivity contribution in [3.8, 4) is 0 Å². The number of anilines is 1. The summed E-state index contributed by atoms with van der Waals surface area (Å²) in [5.74, 6) is 0.629. The van der Waals surface area contributed by atoms with Gasteiger partial charge in [0, 0.05) is 42.6 Å². The van der Waals surface area contributed by atoms with Gasteiger partial charge in [0.25, 0.3) is 0 Å². The fourth-order valence-electron chi connectivity index (χ4n) is 4.35. The summed E-state index contributed by atoms with van der Waals surface area (Å²) in [5.41, 5.74) is 5.48. The Kier molecular flexibility index (Phi) is 5.03. The smallest absolute Gasteiger partial charge is 0.139 e. The average molecular weight is 315 g/mol. The maximum atomic E-state index is 6.14.